The molecule has 0 unspecified atom stereocenters. The molecule has 1 N–H and O–H groups in total. The van der Waals surface area contributed by atoms with Gasteiger partial charge >= 0.3 is 6.18 Å². The second kappa shape index (κ2) is 5.87. The molecule has 2 rings (SSSR count). The number of hydrogen-bond acceptors (Lipinski definition) is 4. The summed E-state index contributed by atoms with van der Waals surface area (Å²) in [6, 6.07) is 4.38. The largest absolute Gasteiger partial charge is 0.434 e. The molecule has 0 bridgehead atoms. The third-order valence-electron chi connectivity index (χ3n) is 2.39. The van der Waals surface area contributed by atoms with Crippen LogP contribution in [0.4, 0.5) is 24.8 Å². The van der Waals surface area contributed by atoms with Gasteiger partial charge in [-0.1, -0.05) is 23.2 Å². The number of alkyl halides is 3. The summed E-state index contributed by atoms with van der Waals surface area (Å²) in [5.41, 5.74) is -1.68. The first-order chi connectivity index (χ1) is 9.81. The summed E-state index contributed by atoms with van der Waals surface area (Å²) < 4.78 is 38.3. The van der Waals surface area contributed by atoms with E-state index in [4.69, 9.17) is 23.2 Å². The predicted molar refractivity (Wildman–Crippen MR) is 72.2 cm³/mol. The van der Waals surface area contributed by atoms with Crippen molar-refractivity contribution in [3.8, 4) is 0 Å². The van der Waals surface area contributed by atoms with Crippen LogP contribution in [0.5, 0.6) is 0 Å². The molecule has 1 heterocycles. The van der Waals surface area contributed by atoms with Crippen LogP contribution in [0.1, 0.15) is 16.1 Å². The van der Waals surface area contributed by atoms with Crippen LogP contribution in [-0.2, 0) is 6.18 Å². The van der Waals surface area contributed by atoms with Gasteiger partial charge in [0, 0.05) is 11.2 Å². The third kappa shape index (κ3) is 3.62. The van der Waals surface area contributed by atoms with Crippen molar-refractivity contribution in [1.29, 1.82) is 0 Å². The lowest BCUT2D eigenvalue weighted by molar-refractivity contribution is -0.141. The molecule has 0 saturated heterocycles. The molecule has 0 aliphatic rings. The number of hydrogen-bond donors (Lipinski definition) is 1. The quantitative estimate of drug-likeness (QED) is 0.847. The molecule has 0 aliphatic heterocycles. The van der Waals surface area contributed by atoms with Crippen LogP contribution in [0, 0.1) is 0 Å². The molecule has 9 heteroatoms. The maximum absolute atomic E-state index is 12.8. The number of anilines is 2. The molecule has 0 amide bonds. The lowest BCUT2D eigenvalue weighted by Gasteiger charge is -2.11. The first kappa shape index (κ1) is 15.5. The summed E-state index contributed by atoms with van der Waals surface area (Å²) >= 11 is 11.6. The van der Waals surface area contributed by atoms with Crippen molar-refractivity contribution < 1.29 is 18.0 Å². The van der Waals surface area contributed by atoms with E-state index in [1.807, 2.05) is 0 Å². The molecule has 4 nitrogen and oxygen atoms in total. The van der Waals surface area contributed by atoms with Gasteiger partial charge in [-0.3, -0.25) is 4.79 Å². The number of carbonyl (C=O) groups is 1. The number of nitrogens with one attached hydrogen (secondary N) is 1. The zero-order valence-electron chi connectivity index (χ0n) is 10.1. The van der Waals surface area contributed by atoms with Gasteiger partial charge in [-0.05, 0) is 18.2 Å². The van der Waals surface area contributed by atoms with E-state index in [9.17, 15) is 18.0 Å². The van der Waals surface area contributed by atoms with Crippen molar-refractivity contribution in [2.75, 3.05) is 5.32 Å². The van der Waals surface area contributed by atoms with E-state index in [2.05, 4.69) is 15.3 Å². The van der Waals surface area contributed by atoms with Crippen LogP contribution >= 0.6 is 23.2 Å². The average molecular weight is 336 g/mol. The van der Waals surface area contributed by atoms with Gasteiger partial charge in [0.15, 0.2) is 12.0 Å². The summed E-state index contributed by atoms with van der Waals surface area (Å²) in [5, 5.41) is 3.10. The fraction of sp³-hybridized carbons (Fsp3) is 0.0833. The van der Waals surface area contributed by atoms with Gasteiger partial charge in [-0.25, -0.2) is 9.97 Å². The Morgan fingerprint density at radius 1 is 1.24 bits per heavy atom. The van der Waals surface area contributed by atoms with Gasteiger partial charge in [0.1, 0.15) is 0 Å². The maximum atomic E-state index is 12.8. The molecular formula is C12H6Cl2F3N3O. The van der Waals surface area contributed by atoms with Gasteiger partial charge in [0.05, 0.1) is 16.3 Å². The van der Waals surface area contributed by atoms with E-state index >= 15 is 0 Å². The van der Waals surface area contributed by atoms with Gasteiger partial charge < -0.3 is 5.32 Å². The summed E-state index contributed by atoms with van der Waals surface area (Å²) in [6.07, 6.45) is -3.93. The Bertz CT molecular complexity index is 692. The van der Waals surface area contributed by atoms with Crippen LogP contribution in [0.3, 0.4) is 0 Å². The second-order valence-electron chi connectivity index (χ2n) is 3.86. The normalized spacial score (nSPS) is 11.3. The molecule has 2 aromatic rings. The van der Waals surface area contributed by atoms with Gasteiger partial charge in [-0.15, -0.1) is 0 Å². The van der Waals surface area contributed by atoms with Crippen molar-refractivity contribution in [1.82, 2.24) is 9.97 Å². The predicted octanol–water partition coefficient (Wildman–Crippen LogP) is 4.36. The lowest BCUT2D eigenvalue weighted by Crippen LogP contribution is -2.14. The van der Waals surface area contributed by atoms with Crippen molar-refractivity contribution in [3.05, 3.63) is 45.7 Å². The monoisotopic (exact) mass is 335 g/mol. The highest BCUT2D eigenvalue weighted by molar-refractivity contribution is 6.36. The smallest absolute Gasteiger partial charge is 0.323 e. The Morgan fingerprint density at radius 3 is 2.52 bits per heavy atom. The Kier molecular flexibility index (Phi) is 4.34. The Labute approximate surface area is 126 Å². The minimum Gasteiger partial charge on any atom is -0.323 e. The maximum Gasteiger partial charge on any atom is 0.434 e. The second-order valence-corrected chi connectivity index (χ2v) is 4.71. The van der Waals surface area contributed by atoms with Crippen LogP contribution in [0.15, 0.2) is 24.4 Å². The molecule has 0 spiro atoms. The summed E-state index contributed by atoms with van der Waals surface area (Å²) in [6.45, 7) is 0. The Morgan fingerprint density at radius 2 is 1.95 bits per heavy atom. The van der Waals surface area contributed by atoms with Crippen molar-refractivity contribution in [2.24, 2.45) is 0 Å². The average Bonchev–Trinajstić information content (AvgIpc) is 2.41. The topological polar surface area (TPSA) is 54.9 Å². The number of halogens is 5. The van der Waals surface area contributed by atoms with E-state index in [1.54, 1.807) is 0 Å². The summed E-state index contributed by atoms with van der Waals surface area (Å²) in [7, 11) is 0. The molecule has 0 fully saturated rings. The molecule has 1 aromatic carbocycles. The Balaban J connectivity index is 2.39. The zero-order valence-corrected chi connectivity index (χ0v) is 11.6. The van der Waals surface area contributed by atoms with Crippen molar-refractivity contribution in [3.63, 3.8) is 0 Å². The fourth-order valence-corrected chi connectivity index (χ4v) is 1.93. The molecular weight excluding hydrogens is 330 g/mol. The summed E-state index contributed by atoms with van der Waals surface area (Å²) in [4.78, 5) is 17.5. The fourth-order valence-electron chi connectivity index (χ4n) is 1.48. The van der Waals surface area contributed by atoms with E-state index in [1.165, 1.54) is 18.2 Å². The zero-order chi connectivity index (χ0) is 15.6. The van der Waals surface area contributed by atoms with Crippen LogP contribution < -0.4 is 5.32 Å². The van der Waals surface area contributed by atoms with Crippen LogP contribution in [-0.4, -0.2) is 16.3 Å². The van der Waals surface area contributed by atoms with Crippen molar-refractivity contribution >= 4 is 41.1 Å². The number of nitrogens with zero attached hydrogens (tertiary/aromatic N) is 2. The SMILES string of the molecule is O=Cc1cnc(Nc2ccc(Cl)cc2Cl)nc1C(F)(F)F. The molecule has 21 heavy (non-hydrogen) atoms. The first-order valence-electron chi connectivity index (χ1n) is 5.43. The van der Waals surface area contributed by atoms with Crippen LogP contribution in [0.25, 0.3) is 0 Å². The van der Waals surface area contributed by atoms with Gasteiger partial charge in [0.2, 0.25) is 5.95 Å². The number of rotatable bonds is 3. The van der Waals surface area contributed by atoms with E-state index in [-0.39, 0.29) is 22.9 Å². The number of aromatic nitrogens is 2. The van der Waals surface area contributed by atoms with E-state index in [0.717, 1.165) is 6.20 Å². The molecule has 1 aromatic heterocycles. The highest BCUT2D eigenvalue weighted by Crippen LogP contribution is 2.31. The molecule has 0 saturated carbocycles. The van der Waals surface area contributed by atoms with E-state index in [0.29, 0.717) is 5.02 Å². The highest BCUT2D eigenvalue weighted by Gasteiger charge is 2.36. The van der Waals surface area contributed by atoms with E-state index < -0.39 is 17.4 Å². The number of aldehydes is 1. The minimum atomic E-state index is -4.76. The van der Waals surface area contributed by atoms with Gasteiger partial charge in [0.25, 0.3) is 0 Å². The van der Waals surface area contributed by atoms with Crippen molar-refractivity contribution in [2.45, 2.75) is 6.18 Å². The third-order valence-corrected chi connectivity index (χ3v) is 2.94. The summed E-state index contributed by atoms with van der Waals surface area (Å²) in [5.74, 6) is -0.336. The lowest BCUT2D eigenvalue weighted by atomic mass is 10.2. The standard InChI is InChI=1S/C12H6Cl2F3N3O/c13-7-1-2-9(8(14)3-7)19-11-18-4-6(5-21)10(20-11)12(15,16)17/h1-5H,(H,18,19,20). The first-order valence-corrected chi connectivity index (χ1v) is 6.18. The Hall–Kier alpha value is -1.86. The van der Waals surface area contributed by atoms with Crippen LogP contribution in [0.2, 0.25) is 10.0 Å². The van der Waals surface area contributed by atoms with Gasteiger partial charge in [-0.2, -0.15) is 13.2 Å². The molecule has 0 atom stereocenters. The minimum absolute atomic E-state index is 0.0435. The molecule has 0 radical (unpaired) electrons. The molecule has 110 valence electrons. The highest BCUT2D eigenvalue weighted by atomic mass is 35.5. The number of benzene rings is 1. The molecule has 0 aliphatic carbocycles. The number of carbonyl (C=O) groups excluding carboxylic acids is 1.